The largest absolute Gasteiger partial charge is 0.394 e. The highest BCUT2D eigenvalue weighted by atomic mass is 16.8. The molecule has 139 heavy (non-hydrogen) atoms. The lowest BCUT2D eigenvalue weighted by molar-refractivity contribution is -0.410. The molecule has 12 fully saturated rings. The fourth-order valence-corrected chi connectivity index (χ4v) is 17.8. The molecule has 0 aromatic rings. The summed E-state index contributed by atoms with van der Waals surface area (Å²) in [4.78, 5) is 25.5. The molecular formula is C76H128N2O61. The highest BCUT2D eigenvalue weighted by molar-refractivity contribution is 5.73. The molecule has 12 aliphatic heterocycles. The van der Waals surface area contributed by atoms with Gasteiger partial charge < -0.3 is 303 Å². The summed E-state index contributed by atoms with van der Waals surface area (Å²) in [6, 6.07) is -3.79. The first-order valence-corrected chi connectivity index (χ1v) is 44.2. The van der Waals surface area contributed by atoms with Crippen LogP contribution >= 0.6 is 0 Å². The Morgan fingerprint density at radius 3 is 0.770 bits per heavy atom. The molecule has 0 bridgehead atoms. The third-order valence-corrected chi connectivity index (χ3v) is 25.8. The summed E-state index contributed by atoms with van der Waals surface area (Å²) in [5, 5.41) is 407. The predicted molar refractivity (Wildman–Crippen MR) is 418 cm³/mol. The van der Waals surface area contributed by atoms with Gasteiger partial charge in [-0.1, -0.05) is 0 Å². The van der Waals surface area contributed by atoms with Gasteiger partial charge in [0.15, 0.2) is 75.5 Å². The molecule has 38 N–H and O–H groups in total. The van der Waals surface area contributed by atoms with E-state index in [9.17, 15) is 193 Å². The zero-order valence-corrected chi connectivity index (χ0v) is 73.4. The van der Waals surface area contributed by atoms with Crippen LogP contribution in [0.5, 0.6) is 0 Å². The molecule has 2 amide bonds. The van der Waals surface area contributed by atoms with Gasteiger partial charge in [0, 0.05) is 13.8 Å². The van der Waals surface area contributed by atoms with E-state index in [1.807, 2.05) is 0 Å². The van der Waals surface area contributed by atoms with Gasteiger partial charge in [-0.15, -0.1) is 0 Å². The molecule has 0 spiro atoms. The van der Waals surface area contributed by atoms with Crippen LogP contribution in [0.3, 0.4) is 0 Å². The zero-order valence-electron chi connectivity index (χ0n) is 73.4. The SMILES string of the molecule is CC(=O)N[C@@H]1[C@@H](O)[C@H](O[C@@H]2O[C@H](CO)[C@@H](O[C@@H]3O[C@H](CO[C@H]4O[C@H](CO[C@H]5O[C@H](CO)[C@@H](O)[C@H](O)[C@@H]5O[C@H]5O[C@H](CO)[C@@H](O)[C@H](O)[C@@H]5O)[C@@H](O)[C@H](O[C@H]5O[C@H](CO)[C@@H](O)[C@H](O)[C@@H]5O)[C@@H]4O)[C@@H](O)[C@H](O[C@H]4O[C@H](CO[C@H]5O[C@H](CO[C@H]6O[C@H](CO)[C@@H](O)[C@H](O)[C@@H]6O)[C@@H](O)[C@H](O)[C@@H]5O)[C@@H](O)[C@H](O)[C@@H]4O[C@H]4O[C@H](CO)[C@@H](O)[C@H](O)[C@@H]4O[C@H]4O[C@H](CO)[C@@H](O)[C@H](O)[C@@H]4O)[C@@H]3O)[C@H](O)[C@H]2NC(C)=O)[C@@H](CO)O[C@H]1O. The molecule has 0 radical (unpaired) electrons. The third-order valence-electron chi connectivity index (χ3n) is 25.8. The van der Waals surface area contributed by atoms with Gasteiger partial charge in [-0.2, -0.15) is 0 Å². The van der Waals surface area contributed by atoms with Crippen LogP contribution in [-0.2, 0) is 119 Å². The van der Waals surface area contributed by atoms with E-state index < -0.39 is 459 Å². The Balaban J connectivity index is 0.912. The molecule has 0 unspecified atom stereocenters. The van der Waals surface area contributed by atoms with Crippen molar-refractivity contribution in [1.29, 1.82) is 0 Å². The third kappa shape index (κ3) is 24.8. The summed E-state index contributed by atoms with van der Waals surface area (Å²) < 4.78 is 135. The van der Waals surface area contributed by atoms with Crippen LogP contribution in [0.25, 0.3) is 0 Å². The minimum absolute atomic E-state index is 0.845. The van der Waals surface area contributed by atoms with Crippen molar-refractivity contribution in [2.75, 3.05) is 79.3 Å². The Morgan fingerprint density at radius 1 is 0.187 bits per heavy atom. The van der Waals surface area contributed by atoms with E-state index in [1.54, 1.807) is 0 Å². The van der Waals surface area contributed by atoms with Gasteiger partial charge in [0.05, 0.1) is 79.3 Å². The van der Waals surface area contributed by atoms with Gasteiger partial charge in [-0.3, -0.25) is 9.59 Å². The van der Waals surface area contributed by atoms with Crippen LogP contribution in [0.15, 0.2) is 0 Å². The van der Waals surface area contributed by atoms with E-state index in [0.717, 1.165) is 13.8 Å². The lowest BCUT2D eigenvalue weighted by Gasteiger charge is -2.51. The number of aliphatic hydroxyl groups is 36. The maximum absolute atomic E-state index is 13.2. The Bertz CT molecular complexity index is 3730. The van der Waals surface area contributed by atoms with Crippen LogP contribution in [-0.4, -0.2) is 643 Å². The minimum Gasteiger partial charge on any atom is -0.394 e. The second-order valence-electron chi connectivity index (χ2n) is 35.2. The minimum atomic E-state index is -2.80. The molecule has 12 saturated heterocycles. The smallest absolute Gasteiger partial charge is 0.217 e. The normalized spacial score (nSPS) is 51.9. The second kappa shape index (κ2) is 49.8. The highest BCUT2D eigenvalue weighted by Crippen LogP contribution is 2.42. The van der Waals surface area contributed by atoms with E-state index in [1.165, 1.54) is 0 Å². The number of amides is 2. The fraction of sp³-hybridized carbons (Fsp3) is 0.974. The summed E-state index contributed by atoms with van der Waals surface area (Å²) in [5.74, 6) is -1.88. The van der Waals surface area contributed by atoms with Crippen LogP contribution in [0.4, 0.5) is 0 Å². The number of ether oxygens (including phenoxy) is 23. The molecule has 0 aromatic heterocycles. The number of hydrogen-bond donors (Lipinski definition) is 38. The lowest BCUT2D eigenvalue weighted by Crippen LogP contribution is -2.70. The first kappa shape index (κ1) is 114. The molecular weight excluding hydrogens is 1920 g/mol. The maximum atomic E-state index is 13.2. The van der Waals surface area contributed by atoms with Crippen molar-refractivity contribution in [3.05, 3.63) is 0 Å². The first-order chi connectivity index (χ1) is 65.8. The van der Waals surface area contributed by atoms with Gasteiger partial charge in [0.2, 0.25) is 11.8 Å². The molecule has 0 saturated carbocycles. The Morgan fingerprint density at radius 2 is 0.396 bits per heavy atom. The summed E-state index contributed by atoms with van der Waals surface area (Å²) in [6.45, 7) is -11.9. The molecule has 63 heteroatoms. The Hall–Kier alpha value is -3.42. The van der Waals surface area contributed by atoms with Crippen LogP contribution in [0.1, 0.15) is 13.8 Å². The molecule has 12 rings (SSSR count). The van der Waals surface area contributed by atoms with Gasteiger partial charge >= 0.3 is 0 Å². The number of nitrogens with one attached hydrogen (secondary N) is 2. The standard InChI is InChI=1S/C76H128N2O61/c1-15(87)77-29-41(99)58(23(9-85)121-65(29)116)133-66-30(78-16(2)88)42(100)59(24(10-86)128-66)134-73-57(115)61(40(98)28(131-73)13-119-69-56(114)60(135-70-53(111)44(102)32(90)18(4-80)123-70)39(97)27(130-69)14-120-74-62(48(106)35(93)21(7-83)126-74)137-71-54(112)45(103)33(91)19(5-81)124-71)136-76-64(139-75-63(49(107)36(94)22(8-84)127-75)138-72-55(113)46(104)34(92)20(6-82)125-72)50(108)38(96)26(132-76)12-118-68-52(110)47(105)37(95)25(129-68)11-117-67-51(109)43(101)31(89)17(3-79)122-67/h17-76,79-86,89-116H,3-14H2,1-2H3,(H,77,87)(H,78,88)/t17-,18-,19-,20-,21-,22-,23-,24-,25-,26-,27-,28-,29-,30-,31-,32-,33-,34-,35-,36-,37-,38-,39-,40-,41-,42-,43+,44+,45+,46+,47+,48+,49+,50+,51+,52+,53+,54+,55+,56+,57+,58-,59-,60+,61+,62+,63+,64+,65-,66+,67+,68+,69+,70-,71-,72-,73+,74+,75-,76-/m1/s1. The van der Waals surface area contributed by atoms with Crippen molar-refractivity contribution in [3.63, 3.8) is 0 Å². The van der Waals surface area contributed by atoms with E-state index in [-0.39, 0.29) is 0 Å². The summed E-state index contributed by atoms with van der Waals surface area (Å²) in [7, 11) is 0. The van der Waals surface area contributed by atoms with Crippen molar-refractivity contribution < 1.29 is 302 Å². The predicted octanol–water partition coefficient (Wildman–Crippen LogP) is -26.9. The number of hydrogen-bond acceptors (Lipinski definition) is 61. The van der Waals surface area contributed by atoms with Crippen LogP contribution in [0, 0.1) is 0 Å². The van der Waals surface area contributed by atoms with Crippen LogP contribution in [0.2, 0.25) is 0 Å². The van der Waals surface area contributed by atoms with Gasteiger partial charge in [0.25, 0.3) is 0 Å². The maximum Gasteiger partial charge on any atom is 0.217 e. The number of aliphatic hydroxyl groups excluding tert-OH is 36. The zero-order chi connectivity index (χ0) is 102. The van der Waals surface area contributed by atoms with Crippen molar-refractivity contribution >= 4 is 11.8 Å². The highest BCUT2D eigenvalue weighted by Gasteiger charge is 2.63. The Labute approximate surface area is 784 Å². The molecule has 60 atom stereocenters. The second-order valence-corrected chi connectivity index (χ2v) is 35.2. The van der Waals surface area contributed by atoms with Crippen molar-refractivity contribution in [1.82, 2.24) is 10.6 Å². The topological polar surface area (TPSA) is 999 Å². The summed E-state index contributed by atoms with van der Waals surface area (Å²) in [6.07, 6.45) is -129. The fourth-order valence-electron chi connectivity index (χ4n) is 17.8. The van der Waals surface area contributed by atoms with Crippen LogP contribution < -0.4 is 10.6 Å². The van der Waals surface area contributed by atoms with E-state index in [2.05, 4.69) is 10.6 Å². The van der Waals surface area contributed by atoms with E-state index in [4.69, 9.17) is 109 Å². The van der Waals surface area contributed by atoms with Gasteiger partial charge in [-0.05, 0) is 0 Å². The summed E-state index contributed by atoms with van der Waals surface area (Å²) in [5.41, 5.74) is 0. The lowest BCUT2D eigenvalue weighted by atomic mass is 9.94. The number of carbonyl (C=O) groups excluding carboxylic acids is 2. The molecule has 0 aromatic carbocycles. The first-order valence-electron chi connectivity index (χ1n) is 44.2. The average molecular weight is 2050 g/mol. The molecule has 0 aliphatic carbocycles. The van der Waals surface area contributed by atoms with Crippen molar-refractivity contribution in [2.45, 2.75) is 382 Å². The molecule has 12 aliphatic rings. The quantitative estimate of drug-likeness (QED) is 0.0277. The van der Waals surface area contributed by atoms with Gasteiger partial charge in [-0.25, -0.2) is 0 Å². The Kier molecular flexibility index (Phi) is 41.0. The molecule has 63 nitrogen and oxygen atoms in total. The van der Waals surface area contributed by atoms with E-state index in [0.29, 0.717) is 0 Å². The number of carbonyl (C=O) groups is 2. The average Bonchev–Trinajstić information content (AvgIpc) is 0.700. The van der Waals surface area contributed by atoms with Crippen molar-refractivity contribution in [2.24, 2.45) is 0 Å². The van der Waals surface area contributed by atoms with Gasteiger partial charge in [0.1, 0.15) is 293 Å². The number of rotatable bonds is 36. The monoisotopic (exact) mass is 2040 g/mol. The van der Waals surface area contributed by atoms with Crippen molar-refractivity contribution in [3.8, 4) is 0 Å². The molecule has 808 valence electrons. The molecule has 12 heterocycles. The summed E-state index contributed by atoms with van der Waals surface area (Å²) >= 11 is 0. The van der Waals surface area contributed by atoms with E-state index >= 15 is 0 Å².